The van der Waals surface area contributed by atoms with Gasteiger partial charge in [-0.05, 0) is 42.3 Å². The van der Waals surface area contributed by atoms with Crippen LogP contribution in [0.3, 0.4) is 0 Å². The van der Waals surface area contributed by atoms with Crippen LogP contribution in [0.5, 0.6) is 0 Å². The van der Waals surface area contributed by atoms with Crippen LogP contribution in [-0.2, 0) is 0 Å². The van der Waals surface area contributed by atoms with E-state index in [2.05, 4.69) is 10.3 Å². The van der Waals surface area contributed by atoms with Gasteiger partial charge in [0.1, 0.15) is 0 Å². The first kappa shape index (κ1) is 16.7. The largest absolute Gasteiger partial charge is 0.446 e. The zero-order chi connectivity index (χ0) is 16.2. The Morgan fingerprint density at radius 3 is 2.50 bits per heavy atom. The van der Waals surface area contributed by atoms with Crippen LogP contribution in [0.1, 0.15) is 10.4 Å². The Morgan fingerprint density at radius 2 is 1.91 bits per heavy atom. The fourth-order valence-electron chi connectivity index (χ4n) is 1.64. The minimum absolute atomic E-state index is 0.0289. The van der Waals surface area contributed by atoms with Crippen LogP contribution in [0.25, 0.3) is 0 Å². The van der Waals surface area contributed by atoms with Crippen molar-refractivity contribution in [2.45, 2.75) is 15.4 Å². The Kier molecular flexibility index (Phi) is 5.36. The van der Waals surface area contributed by atoms with Crippen LogP contribution in [0.4, 0.5) is 18.9 Å². The van der Waals surface area contributed by atoms with Crippen LogP contribution >= 0.6 is 23.5 Å². The highest BCUT2D eigenvalue weighted by molar-refractivity contribution is 8.00. The van der Waals surface area contributed by atoms with E-state index in [9.17, 15) is 18.0 Å². The van der Waals surface area contributed by atoms with Gasteiger partial charge in [0.15, 0.2) is 0 Å². The number of benzene rings is 1. The van der Waals surface area contributed by atoms with Crippen molar-refractivity contribution in [3.05, 3.63) is 48.2 Å². The van der Waals surface area contributed by atoms with E-state index >= 15 is 0 Å². The van der Waals surface area contributed by atoms with Gasteiger partial charge in [-0.2, -0.15) is 13.2 Å². The molecule has 0 aliphatic carbocycles. The Labute approximate surface area is 133 Å². The third-order valence-electron chi connectivity index (χ3n) is 2.56. The highest BCUT2D eigenvalue weighted by atomic mass is 32.2. The van der Waals surface area contributed by atoms with Crippen LogP contribution in [0.15, 0.2) is 52.5 Å². The van der Waals surface area contributed by atoms with E-state index in [1.54, 1.807) is 12.1 Å². The number of thioether (sulfide) groups is 2. The predicted octanol–water partition coefficient (Wildman–Crippen LogP) is 4.67. The van der Waals surface area contributed by atoms with Crippen molar-refractivity contribution in [3.63, 3.8) is 0 Å². The Morgan fingerprint density at radius 1 is 1.18 bits per heavy atom. The van der Waals surface area contributed by atoms with Crippen molar-refractivity contribution in [1.82, 2.24) is 4.98 Å². The quantitative estimate of drug-likeness (QED) is 0.819. The zero-order valence-electron chi connectivity index (χ0n) is 11.3. The van der Waals surface area contributed by atoms with Gasteiger partial charge in [0, 0.05) is 4.90 Å². The van der Waals surface area contributed by atoms with Gasteiger partial charge in [-0.25, -0.2) is 4.98 Å². The normalized spacial score (nSPS) is 11.3. The van der Waals surface area contributed by atoms with Crippen LogP contribution in [-0.4, -0.2) is 22.7 Å². The Hall–Kier alpha value is -1.67. The number of carbonyl (C=O) groups excluding carboxylic acids is 1. The molecular weight excluding hydrogens is 333 g/mol. The Bertz CT molecular complexity index is 660. The predicted molar refractivity (Wildman–Crippen MR) is 82.3 cm³/mol. The lowest BCUT2D eigenvalue weighted by Crippen LogP contribution is -2.14. The van der Waals surface area contributed by atoms with Gasteiger partial charge < -0.3 is 5.32 Å². The molecular formula is C14H11F3N2OS2. The van der Waals surface area contributed by atoms with E-state index in [1.807, 2.05) is 6.26 Å². The number of amides is 1. The molecule has 1 aromatic heterocycles. The third-order valence-corrected chi connectivity index (χ3v) is 4.03. The molecule has 0 unspecified atom stereocenters. The molecule has 2 rings (SSSR count). The first-order valence-corrected chi connectivity index (χ1v) is 8.09. The number of carbonyl (C=O) groups is 1. The van der Waals surface area contributed by atoms with Gasteiger partial charge in [0.25, 0.3) is 5.91 Å². The molecule has 0 spiro atoms. The second-order valence-electron chi connectivity index (χ2n) is 4.09. The first-order valence-electron chi connectivity index (χ1n) is 6.05. The van der Waals surface area contributed by atoms with Crippen molar-refractivity contribution in [3.8, 4) is 0 Å². The summed E-state index contributed by atoms with van der Waals surface area (Å²) in [6.45, 7) is 0. The van der Waals surface area contributed by atoms with E-state index in [4.69, 9.17) is 0 Å². The average molecular weight is 344 g/mol. The molecule has 22 heavy (non-hydrogen) atoms. The van der Waals surface area contributed by atoms with Crippen LogP contribution < -0.4 is 5.32 Å². The topological polar surface area (TPSA) is 42.0 Å². The van der Waals surface area contributed by atoms with E-state index < -0.39 is 11.4 Å². The maximum atomic E-state index is 12.5. The summed E-state index contributed by atoms with van der Waals surface area (Å²) in [7, 11) is 0. The number of nitrogens with zero attached hydrogens (tertiary/aromatic N) is 1. The van der Waals surface area contributed by atoms with E-state index in [0.717, 1.165) is 5.03 Å². The number of aromatic nitrogens is 1. The second-order valence-corrected chi connectivity index (χ2v) is 6.02. The lowest BCUT2D eigenvalue weighted by atomic mass is 10.2. The fourth-order valence-corrected chi connectivity index (χ4v) is 2.67. The molecule has 116 valence electrons. The standard InChI is InChI=1S/C14H11F3N2OS2/c1-21-12-7-6-9(8-18-12)19-13(20)10-4-2-3-5-11(10)22-14(15,16)17/h2-8H,1H3,(H,19,20). The second kappa shape index (κ2) is 7.06. The van der Waals surface area contributed by atoms with Gasteiger partial charge in [0.2, 0.25) is 0 Å². The molecule has 0 bridgehead atoms. The molecule has 3 nitrogen and oxygen atoms in total. The summed E-state index contributed by atoms with van der Waals surface area (Å²) in [4.78, 5) is 16.1. The monoisotopic (exact) mass is 344 g/mol. The zero-order valence-corrected chi connectivity index (χ0v) is 13.0. The maximum absolute atomic E-state index is 12.5. The van der Waals surface area contributed by atoms with Gasteiger partial charge in [-0.1, -0.05) is 12.1 Å². The number of rotatable bonds is 4. The van der Waals surface area contributed by atoms with Crippen molar-refractivity contribution in [1.29, 1.82) is 0 Å². The minimum Gasteiger partial charge on any atom is -0.321 e. The van der Waals surface area contributed by atoms with Crippen molar-refractivity contribution in [2.24, 2.45) is 0 Å². The lowest BCUT2D eigenvalue weighted by Gasteiger charge is -2.11. The molecule has 0 atom stereocenters. The van der Waals surface area contributed by atoms with Crippen molar-refractivity contribution < 1.29 is 18.0 Å². The van der Waals surface area contributed by atoms with Crippen molar-refractivity contribution in [2.75, 3.05) is 11.6 Å². The highest BCUT2D eigenvalue weighted by Gasteiger charge is 2.31. The molecule has 0 saturated heterocycles. The SMILES string of the molecule is CSc1ccc(NC(=O)c2ccccc2SC(F)(F)F)cn1. The van der Waals surface area contributed by atoms with Crippen LogP contribution in [0.2, 0.25) is 0 Å². The van der Waals surface area contributed by atoms with Gasteiger partial charge in [-0.15, -0.1) is 11.8 Å². The fraction of sp³-hybridized carbons (Fsp3) is 0.143. The van der Waals surface area contributed by atoms with Gasteiger partial charge in [-0.3, -0.25) is 4.79 Å². The summed E-state index contributed by atoms with van der Waals surface area (Å²) in [5.41, 5.74) is -4.05. The molecule has 1 amide bonds. The number of hydrogen-bond acceptors (Lipinski definition) is 4. The molecule has 0 saturated carbocycles. The molecule has 0 radical (unpaired) electrons. The highest BCUT2D eigenvalue weighted by Crippen LogP contribution is 2.38. The number of halogens is 3. The number of hydrogen-bond donors (Lipinski definition) is 1. The number of alkyl halides is 3. The van der Waals surface area contributed by atoms with E-state index in [-0.39, 0.29) is 22.2 Å². The number of pyridine rings is 1. The summed E-state index contributed by atoms with van der Waals surface area (Å²) in [5, 5.41) is 3.33. The molecule has 0 aliphatic heterocycles. The Balaban J connectivity index is 2.18. The minimum atomic E-state index is -4.45. The lowest BCUT2D eigenvalue weighted by molar-refractivity contribution is -0.0328. The third kappa shape index (κ3) is 4.67. The van der Waals surface area contributed by atoms with Gasteiger partial charge >= 0.3 is 5.51 Å². The maximum Gasteiger partial charge on any atom is 0.446 e. The molecule has 0 aliphatic rings. The molecule has 1 aromatic carbocycles. The summed E-state index contributed by atoms with van der Waals surface area (Å²) in [6.07, 6.45) is 3.33. The molecule has 1 heterocycles. The van der Waals surface area contributed by atoms with Crippen molar-refractivity contribution >= 4 is 35.1 Å². The summed E-state index contributed by atoms with van der Waals surface area (Å²) < 4.78 is 37.5. The molecule has 8 heteroatoms. The molecule has 1 N–H and O–H groups in total. The molecule has 2 aromatic rings. The number of anilines is 1. The van der Waals surface area contributed by atoms with E-state index in [0.29, 0.717) is 5.69 Å². The van der Waals surface area contributed by atoms with Crippen LogP contribution in [0, 0.1) is 0 Å². The van der Waals surface area contributed by atoms with Gasteiger partial charge in [0.05, 0.1) is 22.5 Å². The number of nitrogens with one attached hydrogen (secondary N) is 1. The molecule has 0 fully saturated rings. The van der Waals surface area contributed by atoms with E-state index in [1.165, 1.54) is 42.2 Å². The first-order chi connectivity index (χ1) is 10.4. The smallest absolute Gasteiger partial charge is 0.321 e. The average Bonchev–Trinajstić information content (AvgIpc) is 2.47. The summed E-state index contributed by atoms with van der Waals surface area (Å²) in [6, 6.07) is 8.96. The summed E-state index contributed by atoms with van der Waals surface area (Å²) in [5.74, 6) is -0.606. The summed E-state index contributed by atoms with van der Waals surface area (Å²) >= 11 is 1.14.